The van der Waals surface area contributed by atoms with Crippen LogP contribution in [0.3, 0.4) is 0 Å². The van der Waals surface area contributed by atoms with E-state index < -0.39 is 0 Å². The number of hydrogen-bond acceptors (Lipinski definition) is 5. The zero-order valence-corrected chi connectivity index (χ0v) is 15.4. The zero-order chi connectivity index (χ0) is 18.3. The van der Waals surface area contributed by atoms with E-state index in [0.29, 0.717) is 6.54 Å². The van der Waals surface area contributed by atoms with Gasteiger partial charge in [-0.15, -0.1) is 0 Å². The van der Waals surface area contributed by atoms with Crippen molar-refractivity contribution in [2.24, 2.45) is 0 Å². The van der Waals surface area contributed by atoms with Crippen molar-refractivity contribution < 1.29 is 4.79 Å². The molecule has 0 spiro atoms. The molecule has 7 nitrogen and oxygen atoms in total. The van der Waals surface area contributed by atoms with Gasteiger partial charge in [0, 0.05) is 36.6 Å². The van der Waals surface area contributed by atoms with Gasteiger partial charge in [0.05, 0.1) is 11.6 Å². The summed E-state index contributed by atoms with van der Waals surface area (Å²) in [5, 5.41) is 7.45. The highest BCUT2D eigenvalue weighted by Crippen LogP contribution is 2.42. The molecule has 26 heavy (non-hydrogen) atoms. The van der Waals surface area contributed by atoms with Crippen LogP contribution >= 0.6 is 0 Å². The first kappa shape index (κ1) is 16.8. The second kappa shape index (κ2) is 6.23. The van der Waals surface area contributed by atoms with Gasteiger partial charge >= 0.3 is 0 Å². The van der Waals surface area contributed by atoms with Crippen molar-refractivity contribution in [1.29, 1.82) is 0 Å². The predicted molar refractivity (Wildman–Crippen MR) is 98.6 cm³/mol. The number of nitrogens with zero attached hydrogens (tertiary/aromatic N) is 5. The van der Waals surface area contributed by atoms with Crippen LogP contribution in [0.4, 0.5) is 5.95 Å². The van der Waals surface area contributed by atoms with Crippen molar-refractivity contribution in [2.75, 3.05) is 18.5 Å². The number of rotatable bonds is 4. The summed E-state index contributed by atoms with van der Waals surface area (Å²) in [6.45, 7) is 4.56. The van der Waals surface area contributed by atoms with Crippen molar-refractivity contribution >= 4 is 11.9 Å². The second-order valence-electron chi connectivity index (χ2n) is 7.27. The number of aromatic nitrogens is 4. The van der Waals surface area contributed by atoms with Gasteiger partial charge in [0.1, 0.15) is 6.33 Å². The molecule has 136 valence electrons. The van der Waals surface area contributed by atoms with E-state index in [9.17, 15) is 4.79 Å². The van der Waals surface area contributed by atoms with Crippen LogP contribution in [0.5, 0.6) is 0 Å². The number of allylic oxidation sites excluding steroid dienone is 1. The topological polar surface area (TPSA) is 75.9 Å². The number of nitrogens with one attached hydrogen (secondary N) is 1. The molecule has 4 rings (SSSR count). The van der Waals surface area contributed by atoms with E-state index in [0.717, 1.165) is 35.8 Å². The maximum Gasteiger partial charge on any atom is 0.251 e. The number of anilines is 1. The molecule has 2 aromatic rings. The van der Waals surface area contributed by atoms with Crippen LogP contribution in [-0.4, -0.2) is 39.2 Å². The summed E-state index contributed by atoms with van der Waals surface area (Å²) in [7, 11) is 1.91. The average Bonchev–Trinajstić information content (AvgIpc) is 3.10. The first-order valence-electron chi connectivity index (χ1n) is 9.07. The average molecular weight is 352 g/mol. The number of amides is 1. The molecule has 1 aliphatic carbocycles. The molecule has 0 saturated heterocycles. The molecule has 1 N–H and O–H groups in total. The lowest BCUT2D eigenvalue weighted by atomic mass is 9.66. The van der Waals surface area contributed by atoms with Gasteiger partial charge in [-0.2, -0.15) is 10.1 Å². The first-order chi connectivity index (χ1) is 12.5. The molecule has 7 heteroatoms. The fourth-order valence-electron chi connectivity index (χ4n) is 4.01. The molecule has 0 radical (unpaired) electrons. The summed E-state index contributed by atoms with van der Waals surface area (Å²) in [6, 6.07) is 5.86. The summed E-state index contributed by atoms with van der Waals surface area (Å²) in [6.07, 6.45) is 6.65. The minimum Gasteiger partial charge on any atom is -0.351 e. The molecule has 2 aliphatic rings. The van der Waals surface area contributed by atoms with Crippen molar-refractivity contribution in [3.63, 3.8) is 0 Å². The molecule has 1 fully saturated rings. The van der Waals surface area contributed by atoms with Gasteiger partial charge in [0.15, 0.2) is 0 Å². The summed E-state index contributed by atoms with van der Waals surface area (Å²) >= 11 is 0. The van der Waals surface area contributed by atoms with Crippen LogP contribution in [0.1, 0.15) is 44.8 Å². The number of pyridine rings is 1. The molecule has 0 aromatic carbocycles. The Morgan fingerprint density at radius 3 is 2.81 bits per heavy atom. The molecule has 1 amide bonds. The fraction of sp³-hybridized carbons (Fsp3) is 0.474. The predicted octanol–water partition coefficient (Wildman–Crippen LogP) is 2.20. The summed E-state index contributed by atoms with van der Waals surface area (Å²) < 4.78 is 1.79. The normalized spacial score (nSPS) is 21.2. The third kappa shape index (κ3) is 2.50. The Hall–Kier alpha value is -2.70. The van der Waals surface area contributed by atoms with Gasteiger partial charge in [0.2, 0.25) is 5.95 Å². The van der Waals surface area contributed by atoms with Crippen LogP contribution in [0.15, 0.2) is 42.0 Å². The van der Waals surface area contributed by atoms with Crippen molar-refractivity contribution in [2.45, 2.75) is 44.6 Å². The standard InChI is InChI=1S/C19H24N6O/c1-13-16(14(2)25-18(24(13)3)22-12-23-25)17(26)21-11-19(8-6-9-19)15-7-4-5-10-20-15/h4-5,7,10,12,14H,6,8-9,11H2,1-3H3,(H,21,26). The number of hydrogen-bond donors (Lipinski definition) is 1. The van der Waals surface area contributed by atoms with Gasteiger partial charge < -0.3 is 10.2 Å². The highest BCUT2D eigenvalue weighted by atomic mass is 16.1. The summed E-state index contributed by atoms with van der Waals surface area (Å²) in [5.74, 6) is 0.723. The SMILES string of the molecule is CC1=C(C(=O)NCC2(c3ccccn3)CCC2)C(C)n2ncnc2N1C. The molecular weight excluding hydrogens is 328 g/mol. The maximum atomic E-state index is 13.0. The molecule has 1 saturated carbocycles. The van der Waals surface area contributed by atoms with E-state index in [1.165, 1.54) is 12.7 Å². The van der Waals surface area contributed by atoms with Crippen molar-refractivity contribution in [1.82, 2.24) is 25.1 Å². The third-order valence-corrected chi connectivity index (χ3v) is 5.88. The maximum absolute atomic E-state index is 13.0. The van der Waals surface area contributed by atoms with Gasteiger partial charge in [0.25, 0.3) is 5.91 Å². The lowest BCUT2D eigenvalue weighted by Gasteiger charge is -2.42. The molecule has 1 atom stereocenters. The second-order valence-corrected chi connectivity index (χ2v) is 7.27. The minimum atomic E-state index is -0.143. The highest BCUT2D eigenvalue weighted by Gasteiger charge is 2.41. The Morgan fingerprint density at radius 2 is 2.15 bits per heavy atom. The van der Waals surface area contributed by atoms with E-state index in [1.54, 1.807) is 4.68 Å². The van der Waals surface area contributed by atoms with Gasteiger partial charge in [-0.3, -0.25) is 9.78 Å². The lowest BCUT2D eigenvalue weighted by Crippen LogP contribution is -2.47. The minimum absolute atomic E-state index is 0.0341. The van der Waals surface area contributed by atoms with Gasteiger partial charge in [-0.05, 0) is 38.8 Å². The van der Waals surface area contributed by atoms with Crippen LogP contribution in [0.2, 0.25) is 0 Å². The van der Waals surface area contributed by atoms with E-state index in [-0.39, 0.29) is 17.4 Å². The smallest absolute Gasteiger partial charge is 0.251 e. The fourth-order valence-corrected chi connectivity index (χ4v) is 4.01. The highest BCUT2D eigenvalue weighted by molar-refractivity contribution is 5.96. The quantitative estimate of drug-likeness (QED) is 0.913. The van der Waals surface area contributed by atoms with Crippen LogP contribution in [-0.2, 0) is 10.2 Å². The molecule has 3 heterocycles. The Morgan fingerprint density at radius 1 is 1.35 bits per heavy atom. The van der Waals surface area contributed by atoms with Crippen LogP contribution in [0, 0.1) is 0 Å². The van der Waals surface area contributed by atoms with Gasteiger partial charge in [-0.25, -0.2) is 4.68 Å². The van der Waals surface area contributed by atoms with Gasteiger partial charge in [-0.1, -0.05) is 12.5 Å². The molecule has 1 unspecified atom stereocenters. The van der Waals surface area contributed by atoms with Crippen LogP contribution in [0.25, 0.3) is 0 Å². The largest absolute Gasteiger partial charge is 0.351 e. The monoisotopic (exact) mass is 352 g/mol. The molecule has 1 aliphatic heterocycles. The molecule has 2 aromatic heterocycles. The van der Waals surface area contributed by atoms with E-state index in [2.05, 4.69) is 26.4 Å². The van der Waals surface area contributed by atoms with Crippen molar-refractivity contribution in [3.8, 4) is 0 Å². The molecule has 0 bridgehead atoms. The van der Waals surface area contributed by atoms with Crippen molar-refractivity contribution in [3.05, 3.63) is 47.7 Å². The number of carbonyl (C=O) groups excluding carboxylic acids is 1. The Bertz CT molecular complexity index is 852. The Balaban J connectivity index is 1.54. The lowest BCUT2D eigenvalue weighted by molar-refractivity contribution is -0.118. The molecular formula is C19H24N6O. The number of carbonyl (C=O) groups is 1. The zero-order valence-electron chi connectivity index (χ0n) is 15.4. The summed E-state index contributed by atoms with van der Waals surface area (Å²) in [4.78, 5) is 23.8. The Labute approximate surface area is 153 Å². The first-order valence-corrected chi connectivity index (χ1v) is 9.07. The van der Waals surface area contributed by atoms with Crippen LogP contribution < -0.4 is 10.2 Å². The number of fused-ring (bicyclic) bond motifs is 1. The Kier molecular flexibility index (Phi) is 4.01. The van der Waals surface area contributed by atoms with E-state index >= 15 is 0 Å². The van der Waals surface area contributed by atoms with E-state index in [1.807, 2.05) is 44.1 Å². The summed E-state index contributed by atoms with van der Waals surface area (Å²) in [5.41, 5.74) is 2.69. The van der Waals surface area contributed by atoms with E-state index in [4.69, 9.17) is 0 Å². The third-order valence-electron chi connectivity index (χ3n) is 5.88.